The molecule has 0 aliphatic carbocycles. The number of halogens is 3. The van der Waals surface area contributed by atoms with Crippen LogP contribution < -0.4 is 0 Å². The van der Waals surface area contributed by atoms with Crippen LogP contribution in [0.3, 0.4) is 0 Å². The number of rotatable bonds is 5. The van der Waals surface area contributed by atoms with E-state index in [0.29, 0.717) is 65.2 Å². The highest BCUT2D eigenvalue weighted by Gasteiger charge is 2.29. The Labute approximate surface area is 184 Å². The van der Waals surface area contributed by atoms with Gasteiger partial charge in [-0.25, -0.2) is 9.37 Å². The molecular weight excluding hydrogens is 428 g/mol. The van der Waals surface area contributed by atoms with Gasteiger partial charge in [-0.3, -0.25) is 4.79 Å². The van der Waals surface area contributed by atoms with Gasteiger partial charge in [-0.1, -0.05) is 48.3 Å². The first-order valence-corrected chi connectivity index (χ1v) is 10.7. The summed E-state index contributed by atoms with van der Waals surface area (Å²) in [6.45, 7) is 4.11. The fraction of sp³-hybridized carbons (Fsp3) is 0.364. The molecule has 3 aromatic rings. The molecule has 4 rings (SSSR count). The second-order valence-corrected chi connectivity index (χ2v) is 8.10. The lowest BCUT2D eigenvalue weighted by Gasteiger charge is -2.31. The molecule has 2 aromatic carbocycles. The molecule has 8 heteroatoms. The molecule has 2 heterocycles. The number of aromatic nitrogens is 2. The maximum Gasteiger partial charge on any atom is 0.245 e. The van der Waals surface area contributed by atoms with Crippen LogP contribution in [0, 0.1) is 5.82 Å². The van der Waals surface area contributed by atoms with Crippen LogP contribution in [0.2, 0.25) is 10.0 Å². The number of hydrogen-bond acceptors (Lipinski definition) is 3. The van der Waals surface area contributed by atoms with Crippen molar-refractivity contribution in [1.82, 2.24) is 14.5 Å². The molecule has 1 amide bonds. The van der Waals surface area contributed by atoms with Crippen LogP contribution in [-0.4, -0.2) is 46.7 Å². The van der Waals surface area contributed by atoms with E-state index in [9.17, 15) is 9.18 Å². The highest BCUT2D eigenvalue weighted by molar-refractivity contribution is 6.42. The quantitative estimate of drug-likeness (QED) is 0.557. The number of benzene rings is 2. The summed E-state index contributed by atoms with van der Waals surface area (Å²) in [4.78, 5) is 19.9. The van der Waals surface area contributed by atoms with E-state index in [-0.39, 0.29) is 18.1 Å². The molecular formula is C22H22Cl2FN3O2. The molecule has 1 aromatic heterocycles. The number of nitrogens with zero attached hydrogens (tertiary/aromatic N) is 3. The monoisotopic (exact) mass is 449 g/mol. The second-order valence-electron chi connectivity index (χ2n) is 7.28. The molecule has 0 saturated carbocycles. The summed E-state index contributed by atoms with van der Waals surface area (Å²) in [6.07, 6.45) is 0.815. The van der Waals surface area contributed by atoms with Crippen LogP contribution in [0.25, 0.3) is 11.0 Å². The number of carbonyl (C=O) groups is 1. The van der Waals surface area contributed by atoms with Gasteiger partial charge in [0, 0.05) is 19.5 Å². The number of fused-ring (bicyclic) bond motifs is 1. The van der Waals surface area contributed by atoms with Crippen LogP contribution >= 0.6 is 23.2 Å². The molecule has 5 nitrogen and oxygen atoms in total. The Kier molecular flexibility index (Phi) is 6.27. The standard InChI is InChI=1S/C22H22Cl2FN3O2/c1-2-19(22(29)27-7-9-30-10-8-27)28-20-13-16(24)15(23)12-18(20)26-21(28)11-14-5-3-4-6-17(14)25/h3-6,12-13,19H,2,7-11H2,1H3/t19-/m0/s1. The van der Waals surface area contributed by atoms with Gasteiger partial charge in [0.1, 0.15) is 17.7 Å². The lowest BCUT2D eigenvalue weighted by molar-refractivity contribution is -0.138. The minimum atomic E-state index is -0.480. The van der Waals surface area contributed by atoms with Crippen LogP contribution in [0.1, 0.15) is 30.8 Å². The molecule has 158 valence electrons. The molecule has 1 fully saturated rings. The van der Waals surface area contributed by atoms with Gasteiger partial charge in [-0.05, 0) is 30.2 Å². The van der Waals surface area contributed by atoms with E-state index in [1.807, 2.05) is 16.4 Å². The number of carbonyl (C=O) groups excluding carboxylic acids is 1. The molecule has 0 radical (unpaired) electrons. The van der Waals surface area contributed by atoms with Gasteiger partial charge in [0.25, 0.3) is 0 Å². The van der Waals surface area contributed by atoms with Gasteiger partial charge in [-0.15, -0.1) is 0 Å². The van der Waals surface area contributed by atoms with E-state index >= 15 is 0 Å². The third-order valence-electron chi connectivity index (χ3n) is 5.42. The van der Waals surface area contributed by atoms with Gasteiger partial charge in [0.15, 0.2) is 0 Å². The van der Waals surface area contributed by atoms with Gasteiger partial charge >= 0.3 is 0 Å². The van der Waals surface area contributed by atoms with E-state index < -0.39 is 6.04 Å². The van der Waals surface area contributed by atoms with E-state index in [2.05, 4.69) is 0 Å². The summed E-state index contributed by atoms with van der Waals surface area (Å²) in [6, 6.07) is 9.52. The van der Waals surface area contributed by atoms with Crippen molar-refractivity contribution >= 4 is 40.1 Å². The highest BCUT2D eigenvalue weighted by atomic mass is 35.5. The number of imidazole rings is 1. The summed E-state index contributed by atoms with van der Waals surface area (Å²) < 4.78 is 21.6. The van der Waals surface area contributed by atoms with E-state index in [0.717, 1.165) is 0 Å². The zero-order valence-corrected chi connectivity index (χ0v) is 18.1. The number of ether oxygens (including phenoxy) is 1. The Hall–Kier alpha value is -2.15. The average molecular weight is 450 g/mol. The van der Waals surface area contributed by atoms with Crippen molar-refractivity contribution in [2.24, 2.45) is 0 Å². The molecule has 1 atom stereocenters. The first-order chi connectivity index (χ1) is 14.5. The molecule has 0 unspecified atom stereocenters. The Morgan fingerprint density at radius 3 is 2.60 bits per heavy atom. The predicted octanol–water partition coefficient (Wildman–Crippen LogP) is 4.88. The zero-order valence-electron chi connectivity index (χ0n) is 16.6. The summed E-state index contributed by atoms with van der Waals surface area (Å²) >= 11 is 12.5. The molecule has 0 spiro atoms. The second kappa shape index (κ2) is 8.92. The van der Waals surface area contributed by atoms with Gasteiger partial charge in [-0.2, -0.15) is 0 Å². The van der Waals surface area contributed by atoms with Crippen molar-refractivity contribution in [2.45, 2.75) is 25.8 Å². The fourth-order valence-electron chi connectivity index (χ4n) is 3.89. The van der Waals surface area contributed by atoms with Crippen molar-refractivity contribution < 1.29 is 13.9 Å². The van der Waals surface area contributed by atoms with Crippen molar-refractivity contribution in [3.63, 3.8) is 0 Å². The smallest absolute Gasteiger partial charge is 0.245 e. The van der Waals surface area contributed by atoms with E-state index in [1.54, 1.807) is 30.3 Å². The van der Waals surface area contributed by atoms with Crippen LogP contribution in [0.5, 0.6) is 0 Å². The zero-order chi connectivity index (χ0) is 21.3. The topological polar surface area (TPSA) is 47.4 Å². The van der Waals surface area contributed by atoms with Gasteiger partial charge in [0.05, 0.1) is 34.3 Å². The van der Waals surface area contributed by atoms with E-state index in [4.69, 9.17) is 32.9 Å². The Bertz CT molecular complexity index is 1080. The third kappa shape index (κ3) is 4.04. The lowest BCUT2D eigenvalue weighted by atomic mass is 10.1. The molecule has 1 aliphatic heterocycles. The first kappa shape index (κ1) is 21.1. The predicted molar refractivity (Wildman–Crippen MR) is 116 cm³/mol. The lowest BCUT2D eigenvalue weighted by Crippen LogP contribution is -2.44. The largest absolute Gasteiger partial charge is 0.378 e. The fourth-order valence-corrected chi connectivity index (χ4v) is 4.20. The number of amides is 1. The van der Waals surface area contributed by atoms with Crippen LogP contribution in [0.4, 0.5) is 4.39 Å². The SMILES string of the molecule is CC[C@@H](C(=O)N1CCOCC1)n1c(Cc2ccccc2F)nc2cc(Cl)c(Cl)cc21. The number of morpholine rings is 1. The third-order valence-corrected chi connectivity index (χ3v) is 6.14. The number of hydrogen-bond donors (Lipinski definition) is 0. The molecule has 30 heavy (non-hydrogen) atoms. The Morgan fingerprint density at radius 1 is 1.20 bits per heavy atom. The van der Waals surface area contributed by atoms with Crippen LogP contribution in [-0.2, 0) is 16.0 Å². The summed E-state index contributed by atoms with van der Waals surface area (Å²) in [7, 11) is 0. The summed E-state index contributed by atoms with van der Waals surface area (Å²) in [5, 5.41) is 0.773. The molecule has 1 saturated heterocycles. The Balaban J connectivity index is 1.83. The summed E-state index contributed by atoms with van der Waals surface area (Å²) in [5.74, 6) is 0.294. The van der Waals surface area contributed by atoms with Crippen LogP contribution in [0.15, 0.2) is 36.4 Å². The van der Waals surface area contributed by atoms with Crippen molar-refractivity contribution in [3.05, 3.63) is 63.6 Å². The van der Waals surface area contributed by atoms with Crippen molar-refractivity contribution in [1.29, 1.82) is 0 Å². The highest BCUT2D eigenvalue weighted by Crippen LogP contribution is 2.32. The summed E-state index contributed by atoms with van der Waals surface area (Å²) in [5.41, 5.74) is 1.85. The maximum absolute atomic E-state index is 14.4. The van der Waals surface area contributed by atoms with Gasteiger partial charge < -0.3 is 14.2 Å². The molecule has 0 N–H and O–H groups in total. The minimum Gasteiger partial charge on any atom is -0.378 e. The maximum atomic E-state index is 14.4. The average Bonchev–Trinajstić information content (AvgIpc) is 3.08. The van der Waals surface area contributed by atoms with E-state index in [1.165, 1.54) is 6.07 Å². The minimum absolute atomic E-state index is 0.000885. The van der Waals surface area contributed by atoms with Crippen molar-refractivity contribution in [3.8, 4) is 0 Å². The molecule has 1 aliphatic rings. The molecule has 0 bridgehead atoms. The normalized spacial score (nSPS) is 15.5. The first-order valence-electron chi connectivity index (χ1n) is 9.95. The Morgan fingerprint density at radius 2 is 1.90 bits per heavy atom. The van der Waals surface area contributed by atoms with Gasteiger partial charge in [0.2, 0.25) is 5.91 Å². The van der Waals surface area contributed by atoms with Crippen molar-refractivity contribution in [2.75, 3.05) is 26.3 Å².